The predicted octanol–water partition coefficient (Wildman–Crippen LogP) is 3.67. The SMILES string of the molecule is O=C(NCCCN1CCOCC1)C1(Cc2cccc(-c3ccc(F)cc3)c2)CCOCC1. The molecule has 32 heavy (non-hydrogen) atoms. The van der Waals surface area contributed by atoms with Gasteiger partial charge in [0.25, 0.3) is 0 Å². The topological polar surface area (TPSA) is 50.8 Å². The molecule has 5 nitrogen and oxygen atoms in total. The molecule has 1 amide bonds. The molecule has 2 fully saturated rings. The van der Waals surface area contributed by atoms with Crippen molar-refractivity contribution >= 4 is 5.91 Å². The molecule has 4 rings (SSSR count). The van der Waals surface area contributed by atoms with Crippen LogP contribution in [0.2, 0.25) is 0 Å². The molecular weight excluding hydrogens is 407 g/mol. The fraction of sp³-hybridized carbons (Fsp3) is 0.500. The van der Waals surface area contributed by atoms with Gasteiger partial charge in [-0.15, -0.1) is 0 Å². The summed E-state index contributed by atoms with van der Waals surface area (Å²) in [4.78, 5) is 15.7. The molecule has 2 aromatic rings. The monoisotopic (exact) mass is 440 g/mol. The first-order chi connectivity index (χ1) is 15.6. The Morgan fingerprint density at radius 1 is 0.969 bits per heavy atom. The van der Waals surface area contributed by atoms with Gasteiger partial charge in [-0.25, -0.2) is 4.39 Å². The first-order valence-corrected chi connectivity index (χ1v) is 11.7. The van der Waals surface area contributed by atoms with Crippen molar-refractivity contribution in [2.24, 2.45) is 5.41 Å². The molecule has 172 valence electrons. The van der Waals surface area contributed by atoms with Crippen LogP contribution in [0, 0.1) is 11.2 Å². The number of carbonyl (C=O) groups is 1. The number of nitrogens with zero attached hydrogens (tertiary/aromatic N) is 1. The van der Waals surface area contributed by atoms with Crippen LogP contribution in [-0.2, 0) is 20.7 Å². The molecule has 2 aliphatic heterocycles. The summed E-state index contributed by atoms with van der Waals surface area (Å²) in [5, 5.41) is 3.21. The van der Waals surface area contributed by atoms with Crippen molar-refractivity contribution in [1.29, 1.82) is 0 Å². The van der Waals surface area contributed by atoms with Crippen molar-refractivity contribution in [3.8, 4) is 11.1 Å². The fourth-order valence-corrected chi connectivity index (χ4v) is 4.66. The summed E-state index contributed by atoms with van der Waals surface area (Å²) in [5.41, 5.74) is 2.69. The van der Waals surface area contributed by atoms with E-state index in [0.29, 0.717) is 26.2 Å². The molecule has 2 saturated heterocycles. The zero-order valence-corrected chi connectivity index (χ0v) is 18.7. The van der Waals surface area contributed by atoms with Gasteiger partial charge in [0.1, 0.15) is 5.82 Å². The van der Waals surface area contributed by atoms with Crippen LogP contribution in [0.15, 0.2) is 48.5 Å². The molecule has 2 aliphatic rings. The molecular formula is C26H33FN2O3. The maximum atomic E-state index is 13.3. The fourth-order valence-electron chi connectivity index (χ4n) is 4.66. The lowest BCUT2D eigenvalue weighted by Gasteiger charge is -2.36. The van der Waals surface area contributed by atoms with Gasteiger partial charge < -0.3 is 14.8 Å². The Hall–Kier alpha value is -2.28. The first kappa shape index (κ1) is 22.9. The van der Waals surface area contributed by atoms with Crippen molar-refractivity contribution < 1.29 is 18.7 Å². The van der Waals surface area contributed by atoms with Gasteiger partial charge in [0.2, 0.25) is 5.91 Å². The largest absolute Gasteiger partial charge is 0.381 e. The summed E-state index contributed by atoms with van der Waals surface area (Å²) in [6.07, 6.45) is 3.07. The van der Waals surface area contributed by atoms with Gasteiger partial charge in [0.15, 0.2) is 0 Å². The van der Waals surface area contributed by atoms with Gasteiger partial charge in [0, 0.05) is 32.8 Å². The minimum Gasteiger partial charge on any atom is -0.381 e. The van der Waals surface area contributed by atoms with E-state index in [-0.39, 0.29) is 11.7 Å². The highest BCUT2D eigenvalue weighted by Gasteiger charge is 2.40. The number of ether oxygens (including phenoxy) is 2. The third kappa shape index (κ3) is 5.94. The molecule has 0 radical (unpaired) electrons. The minimum absolute atomic E-state index is 0.134. The lowest BCUT2D eigenvalue weighted by Crippen LogP contribution is -2.47. The number of amides is 1. The van der Waals surface area contributed by atoms with Crippen molar-refractivity contribution in [2.45, 2.75) is 25.7 Å². The van der Waals surface area contributed by atoms with E-state index in [1.807, 2.05) is 12.1 Å². The zero-order valence-electron chi connectivity index (χ0n) is 18.7. The average molecular weight is 441 g/mol. The van der Waals surface area contributed by atoms with Crippen molar-refractivity contribution in [3.63, 3.8) is 0 Å². The molecule has 0 unspecified atom stereocenters. The van der Waals surface area contributed by atoms with Crippen LogP contribution >= 0.6 is 0 Å². The van der Waals surface area contributed by atoms with Gasteiger partial charge in [-0.2, -0.15) is 0 Å². The number of morpholine rings is 1. The minimum atomic E-state index is -0.446. The van der Waals surface area contributed by atoms with Crippen LogP contribution in [0.25, 0.3) is 11.1 Å². The molecule has 0 atom stereocenters. The van der Waals surface area contributed by atoms with Crippen LogP contribution in [0.1, 0.15) is 24.8 Å². The van der Waals surface area contributed by atoms with Gasteiger partial charge >= 0.3 is 0 Å². The third-order valence-electron chi connectivity index (χ3n) is 6.62. The zero-order chi connectivity index (χ0) is 22.2. The molecule has 1 N–H and O–H groups in total. The van der Waals surface area contributed by atoms with Gasteiger partial charge in [-0.3, -0.25) is 9.69 Å². The van der Waals surface area contributed by atoms with Gasteiger partial charge in [-0.05, 0) is 61.1 Å². The molecule has 0 aliphatic carbocycles. The molecule has 6 heteroatoms. The summed E-state index contributed by atoms with van der Waals surface area (Å²) in [5.74, 6) is -0.105. The number of hydrogen-bond acceptors (Lipinski definition) is 4. The highest BCUT2D eigenvalue weighted by molar-refractivity contribution is 5.83. The van der Waals surface area contributed by atoms with Gasteiger partial charge in [-0.1, -0.05) is 36.4 Å². The van der Waals surface area contributed by atoms with Crippen molar-refractivity contribution in [3.05, 3.63) is 59.9 Å². The summed E-state index contributed by atoms with van der Waals surface area (Å²) in [6.45, 7) is 6.43. The Bertz CT molecular complexity index is 875. The second kappa shape index (κ2) is 11.0. The summed E-state index contributed by atoms with van der Waals surface area (Å²) < 4.78 is 24.3. The molecule has 0 bridgehead atoms. The molecule has 0 spiro atoms. The normalized spacial score (nSPS) is 18.9. The Balaban J connectivity index is 1.39. The van der Waals surface area contributed by atoms with E-state index >= 15 is 0 Å². The quantitative estimate of drug-likeness (QED) is 0.637. The number of rotatable bonds is 8. The Labute approximate surface area is 189 Å². The predicted molar refractivity (Wildman–Crippen MR) is 123 cm³/mol. The number of benzene rings is 2. The lowest BCUT2D eigenvalue weighted by atomic mass is 9.74. The molecule has 2 aromatic carbocycles. The highest BCUT2D eigenvalue weighted by Crippen LogP contribution is 2.35. The van der Waals surface area contributed by atoms with Crippen LogP contribution in [0.3, 0.4) is 0 Å². The molecule has 0 saturated carbocycles. The van der Waals surface area contributed by atoms with E-state index in [9.17, 15) is 9.18 Å². The van der Waals surface area contributed by atoms with Gasteiger partial charge in [0.05, 0.1) is 18.6 Å². The second-order valence-electron chi connectivity index (χ2n) is 8.84. The second-order valence-corrected chi connectivity index (χ2v) is 8.84. The number of hydrogen-bond donors (Lipinski definition) is 1. The van der Waals surface area contributed by atoms with Crippen LogP contribution in [-0.4, -0.2) is 63.4 Å². The lowest BCUT2D eigenvalue weighted by molar-refractivity contribution is -0.136. The Kier molecular flexibility index (Phi) is 7.90. The van der Waals surface area contributed by atoms with Crippen LogP contribution in [0.4, 0.5) is 4.39 Å². The van der Waals surface area contributed by atoms with Crippen LogP contribution in [0.5, 0.6) is 0 Å². The van der Waals surface area contributed by atoms with E-state index in [1.165, 1.54) is 12.1 Å². The standard InChI is InChI=1S/C26H33FN2O3/c27-24-7-5-22(6-8-24)23-4-1-3-21(19-23)20-26(9-15-31-16-10-26)25(30)28-11-2-12-29-13-17-32-18-14-29/h1,3-8,19H,2,9-18,20H2,(H,28,30). The van der Waals surface area contributed by atoms with Crippen molar-refractivity contribution in [2.75, 3.05) is 52.6 Å². The average Bonchev–Trinajstić information content (AvgIpc) is 2.83. The Morgan fingerprint density at radius 3 is 2.44 bits per heavy atom. The van der Waals surface area contributed by atoms with E-state index < -0.39 is 5.41 Å². The highest BCUT2D eigenvalue weighted by atomic mass is 19.1. The van der Waals surface area contributed by atoms with E-state index in [2.05, 4.69) is 22.3 Å². The summed E-state index contributed by atoms with van der Waals surface area (Å²) in [6, 6.07) is 14.8. The summed E-state index contributed by atoms with van der Waals surface area (Å²) in [7, 11) is 0. The number of halogens is 1. The molecule has 2 heterocycles. The smallest absolute Gasteiger partial charge is 0.226 e. The first-order valence-electron chi connectivity index (χ1n) is 11.7. The van der Waals surface area contributed by atoms with E-state index in [4.69, 9.17) is 9.47 Å². The number of carbonyl (C=O) groups excluding carboxylic acids is 1. The van der Waals surface area contributed by atoms with E-state index in [1.54, 1.807) is 12.1 Å². The maximum absolute atomic E-state index is 13.3. The molecule has 0 aromatic heterocycles. The maximum Gasteiger partial charge on any atom is 0.226 e. The van der Waals surface area contributed by atoms with Crippen LogP contribution < -0.4 is 5.32 Å². The summed E-state index contributed by atoms with van der Waals surface area (Å²) >= 11 is 0. The number of nitrogens with one attached hydrogen (secondary N) is 1. The Morgan fingerprint density at radius 2 is 1.69 bits per heavy atom. The third-order valence-corrected chi connectivity index (χ3v) is 6.62. The van der Waals surface area contributed by atoms with Crippen molar-refractivity contribution in [1.82, 2.24) is 10.2 Å². The van der Waals surface area contributed by atoms with E-state index in [0.717, 1.165) is 68.8 Å².